The summed E-state index contributed by atoms with van der Waals surface area (Å²) >= 11 is 0. The van der Waals surface area contributed by atoms with Crippen LogP contribution >= 0.6 is 0 Å². The van der Waals surface area contributed by atoms with Crippen LogP contribution < -0.4 is 0 Å². The number of nitriles is 1. The van der Waals surface area contributed by atoms with Crippen molar-refractivity contribution in [2.75, 3.05) is 0 Å². The molecule has 0 unspecified atom stereocenters. The molecule has 124 valence electrons. The van der Waals surface area contributed by atoms with E-state index >= 15 is 0 Å². The summed E-state index contributed by atoms with van der Waals surface area (Å²) in [6.07, 6.45) is 8.91. The fraction of sp³-hybridized carbons (Fsp3) is 0.381. The Kier molecular flexibility index (Phi) is 4.94. The lowest BCUT2D eigenvalue weighted by Crippen LogP contribution is -2.13. The highest BCUT2D eigenvalue weighted by atomic mass is 19.1. The van der Waals surface area contributed by atoms with E-state index in [2.05, 4.69) is 6.58 Å². The van der Waals surface area contributed by atoms with E-state index in [0.717, 1.165) is 30.7 Å². The maximum absolute atomic E-state index is 14.2. The molecule has 24 heavy (non-hydrogen) atoms. The fourth-order valence-electron chi connectivity index (χ4n) is 3.84. The minimum Gasteiger partial charge on any atom is -0.205 e. The lowest BCUT2D eigenvalue weighted by atomic mass is 9.77. The molecule has 0 heterocycles. The third-order valence-corrected chi connectivity index (χ3v) is 5.26. The molecule has 0 aromatic heterocycles. The van der Waals surface area contributed by atoms with Crippen LogP contribution in [0.2, 0.25) is 0 Å². The number of allylic oxidation sites excluding steroid dienone is 1. The molecule has 2 aromatic rings. The van der Waals surface area contributed by atoms with E-state index in [9.17, 15) is 8.78 Å². The normalized spacial score (nSPS) is 20.7. The standard InChI is InChI=1S/C21H21F2N/c1-2-3-4-14-5-7-15(8-6-14)16-9-10-18-17(11-16)12-20(22)19(13-24)21(18)23/h2,9-12,14-15H,1,3-8H2. The van der Waals surface area contributed by atoms with Crippen LogP contribution in [0.25, 0.3) is 10.8 Å². The van der Waals surface area contributed by atoms with Crippen molar-refractivity contribution >= 4 is 10.8 Å². The van der Waals surface area contributed by atoms with Gasteiger partial charge in [0.1, 0.15) is 17.4 Å². The number of hydrogen-bond acceptors (Lipinski definition) is 1. The van der Waals surface area contributed by atoms with Crippen molar-refractivity contribution in [1.82, 2.24) is 0 Å². The van der Waals surface area contributed by atoms with E-state index in [1.165, 1.54) is 25.3 Å². The maximum Gasteiger partial charge on any atom is 0.151 e. The minimum atomic E-state index is -0.784. The molecule has 3 rings (SSSR count). The highest BCUT2D eigenvalue weighted by molar-refractivity contribution is 5.85. The number of rotatable bonds is 4. The number of fused-ring (bicyclic) bond motifs is 1. The molecule has 0 bridgehead atoms. The zero-order chi connectivity index (χ0) is 17.1. The van der Waals surface area contributed by atoms with E-state index < -0.39 is 17.2 Å². The summed E-state index contributed by atoms with van der Waals surface area (Å²) in [6.45, 7) is 3.78. The first-order chi connectivity index (χ1) is 11.6. The Balaban J connectivity index is 1.82. The van der Waals surface area contributed by atoms with Gasteiger partial charge in [-0.3, -0.25) is 0 Å². The van der Waals surface area contributed by atoms with Gasteiger partial charge in [-0.15, -0.1) is 6.58 Å². The average Bonchev–Trinajstić information content (AvgIpc) is 2.60. The SMILES string of the molecule is C=CCCC1CCC(c2ccc3c(F)c(C#N)c(F)cc3c2)CC1. The van der Waals surface area contributed by atoms with E-state index in [0.29, 0.717) is 16.7 Å². The summed E-state index contributed by atoms with van der Waals surface area (Å²) in [6, 6.07) is 8.37. The van der Waals surface area contributed by atoms with Gasteiger partial charge in [0.25, 0.3) is 0 Å². The average molecular weight is 325 g/mol. The van der Waals surface area contributed by atoms with Crippen LogP contribution in [0, 0.1) is 28.9 Å². The van der Waals surface area contributed by atoms with Crippen LogP contribution in [0.4, 0.5) is 8.78 Å². The van der Waals surface area contributed by atoms with Crippen molar-refractivity contribution in [1.29, 1.82) is 5.26 Å². The van der Waals surface area contributed by atoms with Gasteiger partial charge in [-0.1, -0.05) is 24.3 Å². The number of hydrogen-bond donors (Lipinski definition) is 0. The van der Waals surface area contributed by atoms with Crippen LogP contribution in [0.3, 0.4) is 0 Å². The van der Waals surface area contributed by atoms with E-state index in [1.54, 1.807) is 12.1 Å². The maximum atomic E-state index is 14.2. The van der Waals surface area contributed by atoms with Gasteiger partial charge < -0.3 is 0 Å². The molecule has 0 atom stereocenters. The largest absolute Gasteiger partial charge is 0.205 e. The predicted octanol–water partition coefficient (Wildman–Crippen LogP) is 6.23. The van der Waals surface area contributed by atoms with Crippen molar-refractivity contribution in [2.45, 2.75) is 44.4 Å². The summed E-state index contributed by atoms with van der Waals surface area (Å²) in [4.78, 5) is 0. The molecule has 1 fully saturated rings. The van der Waals surface area contributed by atoms with Crippen molar-refractivity contribution in [3.8, 4) is 6.07 Å². The third kappa shape index (κ3) is 3.19. The van der Waals surface area contributed by atoms with Crippen LogP contribution in [0.5, 0.6) is 0 Å². The Bertz CT molecular complexity index is 796. The van der Waals surface area contributed by atoms with Crippen molar-refractivity contribution in [2.24, 2.45) is 5.92 Å². The van der Waals surface area contributed by atoms with E-state index in [1.807, 2.05) is 18.2 Å². The molecule has 1 saturated carbocycles. The lowest BCUT2D eigenvalue weighted by molar-refractivity contribution is 0.312. The van der Waals surface area contributed by atoms with Gasteiger partial charge in [0, 0.05) is 5.39 Å². The molecule has 2 aromatic carbocycles. The predicted molar refractivity (Wildman–Crippen MR) is 92.7 cm³/mol. The summed E-state index contributed by atoms with van der Waals surface area (Å²) in [5.41, 5.74) is 0.645. The van der Waals surface area contributed by atoms with Crippen LogP contribution in [-0.2, 0) is 0 Å². The molecular formula is C21H21F2N. The summed E-state index contributed by atoms with van der Waals surface area (Å²) < 4.78 is 28.1. The van der Waals surface area contributed by atoms with Crippen molar-refractivity contribution < 1.29 is 8.78 Å². The second-order valence-electron chi connectivity index (χ2n) is 6.72. The smallest absolute Gasteiger partial charge is 0.151 e. The topological polar surface area (TPSA) is 23.8 Å². The Labute approximate surface area is 141 Å². The van der Waals surface area contributed by atoms with Crippen LogP contribution in [-0.4, -0.2) is 0 Å². The molecule has 0 saturated heterocycles. The van der Waals surface area contributed by atoms with Gasteiger partial charge in [-0.25, -0.2) is 8.78 Å². The molecule has 3 heteroatoms. The van der Waals surface area contributed by atoms with Gasteiger partial charge in [-0.2, -0.15) is 5.26 Å². The highest BCUT2D eigenvalue weighted by Gasteiger charge is 2.22. The number of nitrogens with zero attached hydrogens (tertiary/aromatic N) is 1. The Morgan fingerprint density at radius 1 is 1.17 bits per heavy atom. The Morgan fingerprint density at radius 3 is 2.58 bits per heavy atom. The van der Waals surface area contributed by atoms with Gasteiger partial charge in [0.15, 0.2) is 5.82 Å². The lowest BCUT2D eigenvalue weighted by Gasteiger charge is -2.28. The molecule has 0 radical (unpaired) electrons. The quantitative estimate of drug-likeness (QED) is 0.611. The first-order valence-corrected chi connectivity index (χ1v) is 8.56. The first-order valence-electron chi connectivity index (χ1n) is 8.56. The summed E-state index contributed by atoms with van der Waals surface area (Å²) in [5, 5.41) is 9.72. The Morgan fingerprint density at radius 2 is 1.92 bits per heavy atom. The van der Waals surface area contributed by atoms with E-state index in [-0.39, 0.29) is 0 Å². The number of benzene rings is 2. The summed E-state index contributed by atoms with van der Waals surface area (Å²) in [5.74, 6) is -0.316. The second-order valence-corrected chi connectivity index (χ2v) is 6.72. The number of halogens is 2. The fourth-order valence-corrected chi connectivity index (χ4v) is 3.84. The molecule has 0 aliphatic heterocycles. The molecular weight excluding hydrogens is 304 g/mol. The molecule has 1 nitrogen and oxygen atoms in total. The summed E-state index contributed by atoms with van der Waals surface area (Å²) in [7, 11) is 0. The molecule has 1 aliphatic carbocycles. The highest BCUT2D eigenvalue weighted by Crippen LogP contribution is 2.38. The van der Waals surface area contributed by atoms with Gasteiger partial charge in [0.05, 0.1) is 0 Å². The molecule has 0 amide bonds. The zero-order valence-electron chi connectivity index (χ0n) is 13.7. The van der Waals surface area contributed by atoms with Crippen LogP contribution in [0.1, 0.15) is 55.6 Å². The molecule has 0 N–H and O–H groups in total. The minimum absolute atomic E-state index is 0.316. The van der Waals surface area contributed by atoms with E-state index in [4.69, 9.17) is 5.26 Å². The van der Waals surface area contributed by atoms with Crippen molar-refractivity contribution in [3.63, 3.8) is 0 Å². The van der Waals surface area contributed by atoms with Gasteiger partial charge in [0.2, 0.25) is 0 Å². The third-order valence-electron chi connectivity index (χ3n) is 5.26. The monoisotopic (exact) mass is 325 g/mol. The second kappa shape index (κ2) is 7.13. The first kappa shape index (κ1) is 16.6. The van der Waals surface area contributed by atoms with Gasteiger partial charge in [-0.05, 0) is 67.4 Å². The zero-order valence-corrected chi connectivity index (χ0v) is 13.7. The Hall–Kier alpha value is -2.21. The van der Waals surface area contributed by atoms with Crippen molar-refractivity contribution in [3.05, 3.63) is 59.7 Å². The molecule has 1 aliphatic rings. The molecule has 0 spiro atoms. The van der Waals surface area contributed by atoms with Crippen LogP contribution in [0.15, 0.2) is 36.9 Å². The van der Waals surface area contributed by atoms with Gasteiger partial charge >= 0.3 is 0 Å².